The largest absolute Gasteiger partial charge is 0.373 e. The van der Waals surface area contributed by atoms with Crippen LogP contribution in [0.1, 0.15) is 37.0 Å². The third kappa shape index (κ3) is 4.13. The quantitative estimate of drug-likeness (QED) is 0.763. The van der Waals surface area contributed by atoms with Crippen molar-refractivity contribution in [1.82, 2.24) is 9.80 Å². The van der Waals surface area contributed by atoms with Crippen molar-refractivity contribution >= 4 is 17.5 Å². The van der Waals surface area contributed by atoms with Crippen molar-refractivity contribution in [3.63, 3.8) is 0 Å². The highest BCUT2D eigenvalue weighted by Gasteiger charge is 2.33. The molecule has 0 saturated carbocycles. The van der Waals surface area contributed by atoms with Crippen molar-refractivity contribution < 1.29 is 18.3 Å². The molecule has 0 spiro atoms. The monoisotopic (exact) mass is 372 g/mol. The van der Waals surface area contributed by atoms with Crippen LogP contribution in [0.25, 0.3) is 0 Å². The van der Waals surface area contributed by atoms with Crippen LogP contribution in [0.2, 0.25) is 5.02 Å². The summed E-state index contributed by atoms with van der Waals surface area (Å²) in [6.45, 7) is 7.10. The van der Waals surface area contributed by atoms with Crippen LogP contribution in [0.15, 0.2) is 12.1 Å². The van der Waals surface area contributed by atoms with Crippen molar-refractivity contribution in [3.8, 4) is 0 Å². The predicted molar refractivity (Wildman–Crippen MR) is 91.9 cm³/mol. The molecule has 2 aliphatic heterocycles. The predicted octanol–water partition coefficient (Wildman–Crippen LogP) is 3.33. The molecule has 3 rings (SSSR count). The van der Waals surface area contributed by atoms with E-state index in [2.05, 4.69) is 4.90 Å². The summed E-state index contributed by atoms with van der Waals surface area (Å²) < 4.78 is 32.5. The fourth-order valence-corrected chi connectivity index (χ4v) is 4.10. The molecule has 0 unspecified atom stereocenters. The first-order valence-corrected chi connectivity index (χ1v) is 9.06. The summed E-state index contributed by atoms with van der Waals surface area (Å²) >= 11 is 5.97. The number of hydrogen-bond donors (Lipinski definition) is 0. The van der Waals surface area contributed by atoms with Crippen LogP contribution < -0.4 is 0 Å². The molecule has 4 nitrogen and oxygen atoms in total. The minimum absolute atomic E-state index is 0.0242. The van der Waals surface area contributed by atoms with Crippen molar-refractivity contribution in [2.45, 2.75) is 44.9 Å². The summed E-state index contributed by atoms with van der Waals surface area (Å²) in [5.41, 5.74) is 0.0242. The van der Waals surface area contributed by atoms with Gasteiger partial charge >= 0.3 is 0 Å². The first kappa shape index (κ1) is 18.5. The van der Waals surface area contributed by atoms with E-state index in [1.165, 1.54) is 0 Å². The van der Waals surface area contributed by atoms with E-state index in [4.69, 9.17) is 16.3 Å². The molecule has 2 aliphatic rings. The zero-order chi connectivity index (χ0) is 18.1. The van der Waals surface area contributed by atoms with E-state index in [1.54, 1.807) is 4.90 Å². The van der Waals surface area contributed by atoms with Gasteiger partial charge in [0.15, 0.2) is 11.6 Å². The van der Waals surface area contributed by atoms with Gasteiger partial charge < -0.3 is 9.64 Å². The highest BCUT2D eigenvalue weighted by molar-refractivity contribution is 6.33. The van der Waals surface area contributed by atoms with Gasteiger partial charge in [0.05, 0.1) is 22.8 Å². The lowest BCUT2D eigenvalue weighted by molar-refractivity contribution is -0.0715. The van der Waals surface area contributed by atoms with E-state index < -0.39 is 11.6 Å². The van der Waals surface area contributed by atoms with Crippen molar-refractivity contribution in [3.05, 3.63) is 34.4 Å². The molecule has 0 aliphatic carbocycles. The summed E-state index contributed by atoms with van der Waals surface area (Å²) in [5, 5.41) is -0.0526. The fraction of sp³-hybridized carbons (Fsp3) is 0.611. The van der Waals surface area contributed by atoms with Gasteiger partial charge in [-0.05, 0) is 38.8 Å². The zero-order valence-electron chi connectivity index (χ0n) is 14.5. The Kier molecular flexibility index (Phi) is 5.61. The summed E-state index contributed by atoms with van der Waals surface area (Å²) in [7, 11) is 0. The van der Waals surface area contributed by atoms with Crippen LogP contribution in [-0.4, -0.2) is 60.1 Å². The number of halogens is 3. The lowest BCUT2D eigenvalue weighted by atomic mass is 10.1. The Balaban J connectivity index is 1.73. The van der Waals surface area contributed by atoms with Crippen LogP contribution in [0.5, 0.6) is 0 Å². The summed E-state index contributed by atoms with van der Waals surface area (Å²) in [5.74, 6) is -2.43. The molecular weight excluding hydrogens is 350 g/mol. The lowest BCUT2D eigenvalue weighted by Crippen LogP contribution is -2.51. The second kappa shape index (κ2) is 7.56. The standard InChI is InChI=1S/C18H23ClF2N2O2/c1-11-8-22(9-12(2)25-11)10-13-4-3-5-23(13)18(24)14-6-16(20)17(21)7-15(14)19/h6-7,11-13H,3-5,8-10H2,1-2H3/t11-,12-,13-/m1/s1. The van der Waals surface area contributed by atoms with Gasteiger partial charge in [-0.15, -0.1) is 0 Å². The zero-order valence-corrected chi connectivity index (χ0v) is 15.2. The molecular formula is C18H23ClF2N2O2. The normalized spacial score (nSPS) is 27.7. The second-order valence-electron chi connectivity index (χ2n) is 7.02. The molecule has 25 heavy (non-hydrogen) atoms. The Bertz CT molecular complexity index is 648. The highest BCUT2D eigenvalue weighted by atomic mass is 35.5. The number of morpholine rings is 1. The maximum absolute atomic E-state index is 13.5. The minimum Gasteiger partial charge on any atom is -0.373 e. The number of carbonyl (C=O) groups is 1. The average molecular weight is 373 g/mol. The van der Waals surface area contributed by atoms with Crippen molar-refractivity contribution in [2.75, 3.05) is 26.2 Å². The van der Waals surface area contributed by atoms with Crippen LogP contribution >= 0.6 is 11.6 Å². The molecule has 1 amide bonds. The van der Waals surface area contributed by atoms with Gasteiger partial charge in [-0.3, -0.25) is 9.69 Å². The highest BCUT2D eigenvalue weighted by Crippen LogP contribution is 2.27. The van der Waals surface area contributed by atoms with Gasteiger partial charge in [-0.1, -0.05) is 11.6 Å². The Hall–Kier alpha value is -1.24. The molecule has 2 fully saturated rings. The molecule has 1 aromatic rings. The SMILES string of the molecule is C[C@@H]1CN(C[C@H]2CCCN2C(=O)c2cc(F)c(F)cc2Cl)C[C@@H](C)O1. The maximum Gasteiger partial charge on any atom is 0.255 e. The van der Waals surface area contributed by atoms with Crippen LogP contribution in [-0.2, 0) is 4.74 Å². The number of amides is 1. The number of nitrogens with zero attached hydrogens (tertiary/aromatic N) is 2. The molecule has 0 aromatic heterocycles. The Morgan fingerprint density at radius 1 is 1.24 bits per heavy atom. The van der Waals surface area contributed by atoms with E-state index in [0.29, 0.717) is 6.54 Å². The average Bonchev–Trinajstić information content (AvgIpc) is 2.97. The number of rotatable bonds is 3. The third-order valence-corrected chi connectivity index (χ3v) is 5.16. The molecule has 0 N–H and O–H groups in total. The smallest absolute Gasteiger partial charge is 0.255 e. The van der Waals surface area contributed by atoms with E-state index >= 15 is 0 Å². The van der Waals surface area contributed by atoms with Gasteiger partial charge in [0, 0.05) is 32.2 Å². The number of carbonyl (C=O) groups excluding carboxylic acids is 1. The Labute approximate surface area is 151 Å². The lowest BCUT2D eigenvalue weighted by Gasteiger charge is -2.38. The maximum atomic E-state index is 13.5. The van der Waals surface area contributed by atoms with Crippen LogP contribution in [0, 0.1) is 11.6 Å². The summed E-state index contributed by atoms with van der Waals surface area (Å²) in [4.78, 5) is 16.9. The molecule has 138 valence electrons. The van der Waals surface area contributed by atoms with Crippen LogP contribution in [0.4, 0.5) is 8.78 Å². The second-order valence-corrected chi connectivity index (χ2v) is 7.42. The first-order chi connectivity index (χ1) is 11.8. The molecule has 0 bridgehead atoms. The third-order valence-electron chi connectivity index (χ3n) is 4.84. The molecule has 7 heteroatoms. The van der Waals surface area contributed by atoms with Gasteiger partial charge in [0.1, 0.15) is 0 Å². The molecule has 2 heterocycles. The van der Waals surface area contributed by atoms with Gasteiger partial charge in [-0.25, -0.2) is 8.78 Å². The Morgan fingerprint density at radius 2 is 1.88 bits per heavy atom. The summed E-state index contributed by atoms with van der Waals surface area (Å²) in [6.07, 6.45) is 2.12. The first-order valence-electron chi connectivity index (χ1n) is 8.68. The van der Waals surface area contributed by atoms with E-state index in [1.807, 2.05) is 13.8 Å². The fourth-order valence-electron chi connectivity index (χ4n) is 3.87. The van der Waals surface area contributed by atoms with Gasteiger partial charge in [0.2, 0.25) is 0 Å². The molecule has 2 saturated heterocycles. The Morgan fingerprint density at radius 3 is 2.56 bits per heavy atom. The topological polar surface area (TPSA) is 32.8 Å². The van der Waals surface area contributed by atoms with Crippen molar-refractivity contribution in [1.29, 1.82) is 0 Å². The van der Waals surface area contributed by atoms with E-state index in [9.17, 15) is 13.6 Å². The summed E-state index contributed by atoms with van der Waals surface area (Å²) in [6, 6.07) is 1.81. The number of ether oxygens (including phenoxy) is 1. The number of likely N-dealkylation sites (tertiary alicyclic amines) is 1. The number of benzene rings is 1. The minimum atomic E-state index is -1.06. The molecule has 3 atom stereocenters. The molecule has 1 aromatic carbocycles. The number of hydrogen-bond acceptors (Lipinski definition) is 3. The van der Waals surface area contributed by atoms with E-state index in [-0.39, 0.29) is 34.7 Å². The van der Waals surface area contributed by atoms with Crippen molar-refractivity contribution in [2.24, 2.45) is 0 Å². The van der Waals surface area contributed by atoms with Crippen LogP contribution in [0.3, 0.4) is 0 Å². The van der Waals surface area contributed by atoms with Gasteiger partial charge in [-0.2, -0.15) is 0 Å². The van der Waals surface area contributed by atoms with Gasteiger partial charge in [0.25, 0.3) is 5.91 Å². The molecule has 0 radical (unpaired) electrons. The van der Waals surface area contributed by atoms with E-state index in [0.717, 1.165) is 44.6 Å².